The summed E-state index contributed by atoms with van der Waals surface area (Å²) in [7, 11) is 1.84. The summed E-state index contributed by atoms with van der Waals surface area (Å²) in [5.41, 5.74) is 1.84. The van der Waals surface area contributed by atoms with Crippen molar-refractivity contribution < 1.29 is 9.59 Å². The minimum Gasteiger partial charge on any atom is -0.342 e. The van der Waals surface area contributed by atoms with Gasteiger partial charge in [-0.05, 0) is 33.7 Å². The summed E-state index contributed by atoms with van der Waals surface area (Å²) < 4.78 is 0. The standard InChI is InChI=1S/C17H24N2O2/c1-13-6-8-15(9-7-13)17(21)14(2)18(3)12-16(20)19-10-4-5-11-19/h6-9,14H,4-5,10-12H2,1-3H3. The van der Waals surface area contributed by atoms with E-state index in [0.29, 0.717) is 12.1 Å². The van der Waals surface area contributed by atoms with E-state index in [1.54, 1.807) is 0 Å². The van der Waals surface area contributed by atoms with Gasteiger partial charge in [0.05, 0.1) is 12.6 Å². The van der Waals surface area contributed by atoms with Crippen molar-refractivity contribution in [2.75, 3.05) is 26.7 Å². The molecule has 0 radical (unpaired) electrons. The molecule has 1 aromatic carbocycles. The SMILES string of the molecule is Cc1ccc(C(=O)C(C)N(C)CC(=O)N2CCCC2)cc1. The second-order valence-corrected chi connectivity index (χ2v) is 5.91. The largest absolute Gasteiger partial charge is 0.342 e. The van der Waals surface area contributed by atoms with Gasteiger partial charge in [0.25, 0.3) is 0 Å². The highest BCUT2D eigenvalue weighted by molar-refractivity contribution is 6.00. The molecule has 0 aliphatic carbocycles. The fourth-order valence-electron chi connectivity index (χ4n) is 2.58. The molecule has 1 fully saturated rings. The van der Waals surface area contributed by atoms with Crippen LogP contribution in [0, 0.1) is 6.92 Å². The van der Waals surface area contributed by atoms with E-state index in [9.17, 15) is 9.59 Å². The van der Waals surface area contributed by atoms with Gasteiger partial charge in [0.1, 0.15) is 0 Å². The minimum atomic E-state index is -0.292. The van der Waals surface area contributed by atoms with Crippen molar-refractivity contribution in [2.45, 2.75) is 32.7 Å². The van der Waals surface area contributed by atoms with Gasteiger partial charge in [0.15, 0.2) is 5.78 Å². The number of likely N-dealkylation sites (N-methyl/N-ethyl adjacent to an activating group) is 1. The monoisotopic (exact) mass is 288 g/mol. The van der Waals surface area contributed by atoms with E-state index in [-0.39, 0.29) is 17.7 Å². The van der Waals surface area contributed by atoms with Crippen LogP contribution >= 0.6 is 0 Å². The summed E-state index contributed by atoms with van der Waals surface area (Å²) in [4.78, 5) is 28.3. The van der Waals surface area contributed by atoms with E-state index >= 15 is 0 Å². The number of Topliss-reactive ketones (excluding diaryl/α,β-unsaturated/α-hetero) is 1. The molecule has 1 aliphatic heterocycles. The Morgan fingerprint density at radius 1 is 1.19 bits per heavy atom. The van der Waals surface area contributed by atoms with Crippen molar-refractivity contribution in [2.24, 2.45) is 0 Å². The quantitative estimate of drug-likeness (QED) is 0.779. The number of carbonyl (C=O) groups is 2. The van der Waals surface area contributed by atoms with Gasteiger partial charge in [0, 0.05) is 18.7 Å². The molecule has 1 amide bonds. The summed E-state index contributed by atoms with van der Waals surface area (Å²) in [6.07, 6.45) is 2.18. The molecule has 21 heavy (non-hydrogen) atoms. The topological polar surface area (TPSA) is 40.6 Å². The molecule has 1 aliphatic rings. The predicted octanol–water partition coefficient (Wildman–Crippen LogP) is 2.12. The first-order valence-electron chi connectivity index (χ1n) is 7.58. The van der Waals surface area contributed by atoms with Gasteiger partial charge in [-0.15, -0.1) is 0 Å². The van der Waals surface area contributed by atoms with Crippen LogP contribution in [0.1, 0.15) is 35.7 Å². The lowest BCUT2D eigenvalue weighted by atomic mass is 10.0. The van der Waals surface area contributed by atoms with Gasteiger partial charge in [-0.2, -0.15) is 0 Å². The lowest BCUT2D eigenvalue weighted by Gasteiger charge is -2.25. The normalized spacial score (nSPS) is 16.3. The first-order valence-corrected chi connectivity index (χ1v) is 7.58. The first-order chi connectivity index (χ1) is 9.99. The molecule has 1 aromatic rings. The third-order valence-electron chi connectivity index (χ3n) is 4.22. The Hall–Kier alpha value is -1.68. The maximum Gasteiger partial charge on any atom is 0.236 e. The van der Waals surface area contributed by atoms with Crippen LogP contribution in [0.15, 0.2) is 24.3 Å². The maximum atomic E-state index is 12.4. The highest BCUT2D eigenvalue weighted by Crippen LogP contribution is 2.12. The van der Waals surface area contributed by atoms with Crippen molar-refractivity contribution >= 4 is 11.7 Å². The van der Waals surface area contributed by atoms with Crippen molar-refractivity contribution in [3.05, 3.63) is 35.4 Å². The highest BCUT2D eigenvalue weighted by Gasteiger charge is 2.24. The average Bonchev–Trinajstić information content (AvgIpc) is 3.00. The zero-order valence-electron chi connectivity index (χ0n) is 13.1. The van der Waals surface area contributed by atoms with Crippen LogP contribution < -0.4 is 0 Å². The third kappa shape index (κ3) is 3.91. The molecule has 0 saturated carbocycles. The second kappa shape index (κ2) is 6.85. The van der Waals surface area contributed by atoms with Crippen molar-refractivity contribution in [1.29, 1.82) is 0 Å². The number of aryl methyl sites for hydroxylation is 1. The van der Waals surface area contributed by atoms with Crippen LogP contribution in [0.4, 0.5) is 0 Å². The lowest BCUT2D eigenvalue weighted by Crippen LogP contribution is -2.43. The van der Waals surface area contributed by atoms with Gasteiger partial charge in [-0.3, -0.25) is 14.5 Å². The molecular formula is C17H24N2O2. The molecule has 114 valence electrons. The number of hydrogen-bond acceptors (Lipinski definition) is 3. The van der Waals surface area contributed by atoms with E-state index in [1.165, 1.54) is 0 Å². The van der Waals surface area contributed by atoms with E-state index in [4.69, 9.17) is 0 Å². The molecule has 1 unspecified atom stereocenters. The summed E-state index contributed by atoms with van der Waals surface area (Å²) >= 11 is 0. The lowest BCUT2D eigenvalue weighted by molar-refractivity contribution is -0.131. The van der Waals surface area contributed by atoms with E-state index in [1.807, 2.05) is 55.0 Å². The highest BCUT2D eigenvalue weighted by atomic mass is 16.2. The number of rotatable bonds is 5. The van der Waals surface area contributed by atoms with Crippen LogP contribution in [0.2, 0.25) is 0 Å². The van der Waals surface area contributed by atoms with Crippen LogP contribution in [-0.2, 0) is 4.79 Å². The van der Waals surface area contributed by atoms with E-state index < -0.39 is 0 Å². The molecular weight excluding hydrogens is 264 g/mol. The molecule has 0 aromatic heterocycles. The Balaban J connectivity index is 1.94. The minimum absolute atomic E-state index is 0.0618. The molecule has 0 N–H and O–H groups in total. The van der Waals surface area contributed by atoms with Gasteiger partial charge in [0.2, 0.25) is 5.91 Å². The smallest absolute Gasteiger partial charge is 0.236 e. The molecule has 0 spiro atoms. The van der Waals surface area contributed by atoms with E-state index in [2.05, 4.69) is 0 Å². The Morgan fingerprint density at radius 3 is 2.33 bits per heavy atom. The number of ketones is 1. The maximum absolute atomic E-state index is 12.4. The number of nitrogens with zero attached hydrogens (tertiary/aromatic N) is 2. The molecule has 0 bridgehead atoms. The Morgan fingerprint density at radius 2 is 1.76 bits per heavy atom. The van der Waals surface area contributed by atoms with Gasteiger partial charge in [-0.25, -0.2) is 0 Å². The van der Waals surface area contributed by atoms with E-state index in [0.717, 1.165) is 31.5 Å². The van der Waals surface area contributed by atoms with Crippen molar-refractivity contribution in [3.63, 3.8) is 0 Å². The zero-order chi connectivity index (χ0) is 15.4. The van der Waals surface area contributed by atoms with Crippen molar-refractivity contribution in [3.8, 4) is 0 Å². The van der Waals surface area contributed by atoms with Crippen LogP contribution in [-0.4, -0.2) is 54.2 Å². The molecule has 4 heteroatoms. The summed E-state index contributed by atoms with van der Waals surface area (Å²) in [6.45, 7) is 5.87. The van der Waals surface area contributed by atoms with Crippen molar-refractivity contribution in [1.82, 2.24) is 9.80 Å². The Labute approximate surface area is 126 Å². The van der Waals surface area contributed by atoms with Crippen LogP contribution in [0.25, 0.3) is 0 Å². The van der Waals surface area contributed by atoms with Gasteiger partial charge < -0.3 is 4.90 Å². The zero-order valence-corrected chi connectivity index (χ0v) is 13.1. The number of carbonyl (C=O) groups excluding carboxylic acids is 2. The number of hydrogen-bond donors (Lipinski definition) is 0. The number of likely N-dealkylation sites (tertiary alicyclic amines) is 1. The molecule has 1 saturated heterocycles. The number of benzene rings is 1. The summed E-state index contributed by atoms with van der Waals surface area (Å²) in [6, 6.07) is 7.29. The summed E-state index contributed by atoms with van der Waals surface area (Å²) in [5.74, 6) is 0.185. The molecule has 4 nitrogen and oxygen atoms in total. The fraction of sp³-hybridized carbons (Fsp3) is 0.529. The predicted molar refractivity (Wildman–Crippen MR) is 83.4 cm³/mol. The van der Waals surface area contributed by atoms with Crippen LogP contribution in [0.3, 0.4) is 0 Å². The molecule has 1 heterocycles. The second-order valence-electron chi connectivity index (χ2n) is 5.91. The average molecular weight is 288 g/mol. The van der Waals surface area contributed by atoms with Gasteiger partial charge >= 0.3 is 0 Å². The number of amides is 1. The van der Waals surface area contributed by atoms with Crippen LogP contribution in [0.5, 0.6) is 0 Å². The molecule has 1 atom stereocenters. The Kier molecular flexibility index (Phi) is 5.12. The Bertz CT molecular complexity index is 504. The first kappa shape index (κ1) is 15.7. The molecule has 2 rings (SSSR count). The third-order valence-corrected chi connectivity index (χ3v) is 4.22. The fourth-order valence-corrected chi connectivity index (χ4v) is 2.58. The summed E-state index contributed by atoms with van der Waals surface area (Å²) in [5, 5.41) is 0. The van der Waals surface area contributed by atoms with Gasteiger partial charge in [-0.1, -0.05) is 29.8 Å².